The first-order valence-corrected chi connectivity index (χ1v) is 9.92. The third-order valence-electron chi connectivity index (χ3n) is 5.15. The second-order valence-corrected chi connectivity index (χ2v) is 7.73. The minimum absolute atomic E-state index is 0.0904. The molecule has 4 rings (SSSR count). The van der Waals surface area contributed by atoms with Crippen LogP contribution >= 0.6 is 0 Å². The lowest BCUT2D eigenvalue weighted by Gasteiger charge is -2.42. The topological polar surface area (TPSA) is 102 Å². The van der Waals surface area contributed by atoms with Crippen LogP contribution in [0.3, 0.4) is 0 Å². The van der Waals surface area contributed by atoms with Crippen LogP contribution < -0.4 is 20.4 Å². The number of rotatable bonds is 5. The van der Waals surface area contributed by atoms with Gasteiger partial charge in [0.25, 0.3) is 0 Å². The molecule has 1 atom stereocenters. The molecule has 3 aromatic rings. The second-order valence-electron chi connectivity index (χ2n) is 7.73. The predicted molar refractivity (Wildman–Crippen MR) is 119 cm³/mol. The van der Waals surface area contributed by atoms with Crippen LogP contribution in [0.1, 0.15) is 26.5 Å². The van der Waals surface area contributed by atoms with E-state index in [0.29, 0.717) is 17.6 Å². The van der Waals surface area contributed by atoms with Crippen molar-refractivity contribution in [2.45, 2.75) is 39.8 Å². The highest BCUT2D eigenvalue weighted by molar-refractivity contribution is 6.05. The molecular weight excluding hydrogens is 380 g/mol. The van der Waals surface area contributed by atoms with E-state index < -0.39 is 0 Å². The van der Waals surface area contributed by atoms with Gasteiger partial charge in [0, 0.05) is 36.7 Å². The van der Waals surface area contributed by atoms with Crippen molar-refractivity contribution < 1.29 is 4.79 Å². The number of nitrogens with zero attached hydrogens (tertiary/aromatic N) is 5. The normalized spacial score (nSPS) is 16.1. The Bertz CT molecular complexity index is 1080. The maximum Gasteiger partial charge on any atom is 0.249 e. The van der Waals surface area contributed by atoms with Gasteiger partial charge in [0.05, 0.1) is 11.4 Å². The van der Waals surface area contributed by atoms with Crippen LogP contribution in [0.5, 0.6) is 0 Å². The highest BCUT2D eigenvalue weighted by atomic mass is 16.2. The molecule has 1 aliphatic rings. The Balaban J connectivity index is 1.60. The molecular formula is C21H26N8O. The van der Waals surface area contributed by atoms with Crippen LogP contribution in [0.2, 0.25) is 0 Å². The highest BCUT2D eigenvalue weighted by Crippen LogP contribution is 2.39. The third kappa shape index (κ3) is 3.66. The summed E-state index contributed by atoms with van der Waals surface area (Å²) in [5.41, 5.74) is 3.71. The van der Waals surface area contributed by atoms with Crippen LogP contribution in [-0.4, -0.2) is 45.2 Å². The number of hydrogen-bond acceptors (Lipinski definition) is 7. The van der Waals surface area contributed by atoms with Crippen molar-refractivity contribution in [2.75, 3.05) is 27.5 Å². The molecule has 0 saturated carbocycles. The number of carbonyl (C=O) groups is 1. The number of carbonyl (C=O) groups excluding carboxylic acids is 1. The van der Waals surface area contributed by atoms with Crippen LogP contribution in [0, 0.1) is 6.92 Å². The summed E-state index contributed by atoms with van der Waals surface area (Å²) in [6, 6.07) is 9.56. The monoisotopic (exact) mass is 406 g/mol. The number of benzene rings is 1. The molecule has 0 saturated heterocycles. The number of nitrogens with one attached hydrogen (secondary N) is 3. The number of aromatic nitrogens is 4. The summed E-state index contributed by atoms with van der Waals surface area (Å²) in [5.74, 6) is 1.89. The van der Waals surface area contributed by atoms with Gasteiger partial charge in [-0.2, -0.15) is 10.1 Å². The average molecular weight is 406 g/mol. The zero-order valence-corrected chi connectivity index (χ0v) is 17.8. The molecule has 0 aliphatic carbocycles. The molecule has 156 valence electrons. The van der Waals surface area contributed by atoms with Crippen LogP contribution in [0.4, 0.5) is 34.6 Å². The van der Waals surface area contributed by atoms with Crippen LogP contribution in [0.25, 0.3) is 0 Å². The molecule has 0 spiro atoms. The van der Waals surface area contributed by atoms with E-state index in [4.69, 9.17) is 0 Å². The fourth-order valence-electron chi connectivity index (χ4n) is 3.77. The summed E-state index contributed by atoms with van der Waals surface area (Å²) >= 11 is 0. The number of aryl methyl sites for hydroxylation is 1. The molecule has 1 amide bonds. The zero-order chi connectivity index (χ0) is 21.4. The fraction of sp³-hybridized carbons (Fsp3) is 0.333. The van der Waals surface area contributed by atoms with Crippen molar-refractivity contribution in [2.24, 2.45) is 0 Å². The minimum Gasteiger partial charge on any atom is -0.356 e. The van der Waals surface area contributed by atoms with E-state index in [1.165, 1.54) is 0 Å². The Hall–Kier alpha value is -3.62. The van der Waals surface area contributed by atoms with Gasteiger partial charge in [-0.1, -0.05) is 0 Å². The van der Waals surface area contributed by atoms with E-state index in [0.717, 1.165) is 22.8 Å². The minimum atomic E-state index is -0.223. The molecule has 0 bridgehead atoms. The summed E-state index contributed by atoms with van der Waals surface area (Å²) in [6.45, 7) is 8.06. The summed E-state index contributed by atoms with van der Waals surface area (Å²) in [4.78, 5) is 25.3. The molecule has 9 nitrogen and oxygen atoms in total. The number of hydrogen-bond donors (Lipinski definition) is 3. The molecule has 0 radical (unpaired) electrons. The molecule has 9 heteroatoms. The highest BCUT2D eigenvalue weighted by Gasteiger charge is 2.34. The van der Waals surface area contributed by atoms with Gasteiger partial charge in [-0.05, 0) is 52.0 Å². The molecule has 0 fully saturated rings. The molecule has 1 unspecified atom stereocenters. The standard InChI is InChI=1S/C21H26N8O/c1-12(2)29-14(4)20(30)28(5)16-7-6-15(11-17(16)29)23-21-22-9-8-18(25-21)24-19-10-13(3)26-27-19/h6-12,14H,1-5H3,(H3,22,23,24,25,26,27). The smallest absolute Gasteiger partial charge is 0.249 e. The number of amides is 1. The van der Waals surface area contributed by atoms with Gasteiger partial charge in [-0.25, -0.2) is 4.98 Å². The van der Waals surface area contributed by atoms with Gasteiger partial charge in [0.15, 0.2) is 5.82 Å². The third-order valence-corrected chi connectivity index (χ3v) is 5.15. The van der Waals surface area contributed by atoms with Crippen LogP contribution in [-0.2, 0) is 4.79 Å². The number of likely N-dealkylation sites (N-methyl/N-ethyl adjacent to an activating group) is 1. The molecule has 1 aliphatic heterocycles. The first kappa shape index (κ1) is 19.7. The number of aromatic amines is 1. The predicted octanol–water partition coefficient (Wildman–Crippen LogP) is 3.58. The average Bonchev–Trinajstić information content (AvgIpc) is 3.11. The second kappa shape index (κ2) is 7.66. The van der Waals surface area contributed by atoms with Crippen LogP contribution in [0.15, 0.2) is 36.5 Å². The number of fused-ring (bicyclic) bond motifs is 1. The van der Waals surface area contributed by atoms with Gasteiger partial charge in [0.2, 0.25) is 11.9 Å². The zero-order valence-electron chi connectivity index (χ0n) is 17.8. The Morgan fingerprint density at radius 1 is 1.10 bits per heavy atom. The van der Waals surface area contributed by atoms with Crippen molar-refractivity contribution in [3.05, 3.63) is 42.2 Å². The van der Waals surface area contributed by atoms with E-state index in [2.05, 4.69) is 49.5 Å². The van der Waals surface area contributed by atoms with Crippen molar-refractivity contribution in [1.82, 2.24) is 20.2 Å². The summed E-state index contributed by atoms with van der Waals surface area (Å²) in [7, 11) is 1.82. The lowest BCUT2D eigenvalue weighted by Crippen LogP contribution is -2.53. The van der Waals surface area contributed by atoms with Crippen molar-refractivity contribution in [3.63, 3.8) is 0 Å². The van der Waals surface area contributed by atoms with Gasteiger partial charge in [-0.3, -0.25) is 9.89 Å². The maximum atomic E-state index is 12.6. The van der Waals surface area contributed by atoms with Crippen molar-refractivity contribution >= 4 is 40.6 Å². The Kier molecular flexibility index (Phi) is 5.03. The fourth-order valence-corrected chi connectivity index (χ4v) is 3.77. The lowest BCUT2D eigenvalue weighted by molar-refractivity contribution is -0.119. The van der Waals surface area contributed by atoms with Gasteiger partial charge < -0.3 is 20.4 Å². The quantitative estimate of drug-likeness (QED) is 0.595. The van der Waals surface area contributed by atoms with E-state index in [1.807, 2.05) is 45.2 Å². The first-order valence-electron chi connectivity index (χ1n) is 9.92. The largest absolute Gasteiger partial charge is 0.356 e. The molecule has 3 heterocycles. The SMILES string of the molecule is Cc1cc(Nc2ccnc(Nc3ccc4c(c3)N(C(C)C)C(C)C(=O)N4C)n2)n[nH]1. The van der Waals surface area contributed by atoms with Gasteiger partial charge >= 0.3 is 0 Å². The van der Waals surface area contributed by atoms with Gasteiger partial charge in [-0.15, -0.1) is 0 Å². The maximum absolute atomic E-state index is 12.6. The summed E-state index contributed by atoms with van der Waals surface area (Å²) in [5, 5.41) is 13.5. The van der Waals surface area contributed by atoms with Gasteiger partial charge in [0.1, 0.15) is 11.9 Å². The van der Waals surface area contributed by atoms with Crippen molar-refractivity contribution in [3.8, 4) is 0 Å². The molecule has 1 aromatic carbocycles. The Morgan fingerprint density at radius 2 is 1.90 bits per heavy atom. The Morgan fingerprint density at radius 3 is 2.60 bits per heavy atom. The molecule has 30 heavy (non-hydrogen) atoms. The van der Waals surface area contributed by atoms with E-state index in [9.17, 15) is 4.79 Å². The molecule has 3 N–H and O–H groups in total. The van der Waals surface area contributed by atoms with E-state index >= 15 is 0 Å². The summed E-state index contributed by atoms with van der Waals surface area (Å²) < 4.78 is 0. The summed E-state index contributed by atoms with van der Waals surface area (Å²) in [6.07, 6.45) is 1.69. The lowest BCUT2D eigenvalue weighted by atomic mass is 10.0. The number of H-pyrrole nitrogens is 1. The van der Waals surface area contributed by atoms with Crippen molar-refractivity contribution in [1.29, 1.82) is 0 Å². The molecule has 2 aromatic heterocycles. The Labute approximate surface area is 175 Å². The number of anilines is 6. The first-order chi connectivity index (χ1) is 14.3. The van der Waals surface area contributed by atoms with E-state index in [1.54, 1.807) is 17.2 Å². The van der Waals surface area contributed by atoms with E-state index in [-0.39, 0.29) is 18.0 Å².